The van der Waals surface area contributed by atoms with Crippen molar-refractivity contribution in [1.82, 2.24) is 15.1 Å². The highest BCUT2D eigenvalue weighted by Crippen LogP contribution is 2.29. The van der Waals surface area contributed by atoms with Crippen LogP contribution in [0, 0.1) is 5.82 Å². The van der Waals surface area contributed by atoms with Gasteiger partial charge in [0.2, 0.25) is 0 Å². The van der Waals surface area contributed by atoms with Crippen LogP contribution < -0.4 is 5.32 Å². The third-order valence-electron chi connectivity index (χ3n) is 3.04. The number of hydrogen-bond acceptors (Lipinski definition) is 2. The van der Waals surface area contributed by atoms with Crippen molar-refractivity contribution >= 4 is 15.9 Å². The highest BCUT2D eigenvalue weighted by Gasteiger charge is 2.19. The first-order valence-corrected chi connectivity index (χ1v) is 7.10. The number of nitrogens with one attached hydrogen (secondary N) is 1. The summed E-state index contributed by atoms with van der Waals surface area (Å²) in [6.07, 6.45) is 2.82. The van der Waals surface area contributed by atoms with E-state index in [0.29, 0.717) is 0 Å². The van der Waals surface area contributed by atoms with Crippen LogP contribution in [0.4, 0.5) is 4.39 Å². The standard InChI is InChI=1S/C14H17BrFN3/c1-3-8-19-13(6-7-18-19)14(17-2)11-5-4-10(16)9-12(11)15/h4-7,9,14,17H,3,8H2,1-2H3. The van der Waals surface area contributed by atoms with Gasteiger partial charge in [0.05, 0.1) is 11.7 Å². The van der Waals surface area contributed by atoms with E-state index >= 15 is 0 Å². The summed E-state index contributed by atoms with van der Waals surface area (Å²) in [6.45, 7) is 2.99. The number of nitrogens with zero attached hydrogens (tertiary/aromatic N) is 2. The van der Waals surface area contributed by atoms with Crippen molar-refractivity contribution in [3.8, 4) is 0 Å². The van der Waals surface area contributed by atoms with E-state index in [9.17, 15) is 4.39 Å². The third-order valence-corrected chi connectivity index (χ3v) is 3.73. The summed E-state index contributed by atoms with van der Waals surface area (Å²) in [5.74, 6) is -0.243. The Labute approximate surface area is 121 Å². The van der Waals surface area contributed by atoms with Crippen LogP contribution in [-0.4, -0.2) is 16.8 Å². The van der Waals surface area contributed by atoms with Crippen LogP contribution in [0.25, 0.3) is 0 Å². The molecule has 0 spiro atoms. The van der Waals surface area contributed by atoms with Gasteiger partial charge in [-0.3, -0.25) is 4.68 Å². The topological polar surface area (TPSA) is 29.9 Å². The second-order valence-electron chi connectivity index (χ2n) is 4.37. The van der Waals surface area contributed by atoms with Crippen LogP contribution in [0.2, 0.25) is 0 Å². The van der Waals surface area contributed by atoms with Gasteiger partial charge in [0.25, 0.3) is 0 Å². The highest BCUT2D eigenvalue weighted by molar-refractivity contribution is 9.10. The Bertz CT molecular complexity index is 553. The summed E-state index contributed by atoms with van der Waals surface area (Å²) in [5, 5.41) is 7.60. The molecule has 1 heterocycles. The average Bonchev–Trinajstić information content (AvgIpc) is 2.82. The fourth-order valence-corrected chi connectivity index (χ4v) is 2.76. The number of hydrogen-bond donors (Lipinski definition) is 1. The Balaban J connectivity index is 2.41. The minimum absolute atomic E-state index is 0.0102. The monoisotopic (exact) mass is 325 g/mol. The summed E-state index contributed by atoms with van der Waals surface area (Å²) in [7, 11) is 1.89. The third kappa shape index (κ3) is 3.04. The summed E-state index contributed by atoms with van der Waals surface area (Å²) >= 11 is 3.43. The lowest BCUT2D eigenvalue weighted by Gasteiger charge is -2.19. The largest absolute Gasteiger partial charge is 0.308 e. The number of benzene rings is 1. The smallest absolute Gasteiger partial charge is 0.124 e. The summed E-state index contributed by atoms with van der Waals surface area (Å²) in [6, 6.07) is 6.74. The summed E-state index contributed by atoms with van der Waals surface area (Å²) in [5.41, 5.74) is 2.08. The van der Waals surface area contributed by atoms with Gasteiger partial charge in [-0.2, -0.15) is 5.10 Å². The molecule has 5 heteroatoms. The Kier molecular flexibility index (Phi) is 4.71. The summed E-state index contributed by atoms with van der Waals surface area (Å²) in [4.78, 5) is 0. The minimum Gasteiger partial charge on any atom is -0.308 e. The first kappa shape index (κ1) is 14.2. The molecule has 0 saturated heterocycles. The van der Waals surface area contributed by atoms with E-state index in [1.54, 1.807) is 12.3 Å². The second-order valence-corrected chi connectivity index (χ2v) is 5.22. The molecule has 2 rings (SSSR count). The second kappa shape index (κ2) is 6.30. The molecule has 1 atom stereocenters. The van der Waals surface area contributed by atoms with Crippen molar-refractivity contribution in [2.75, 3.05) is 7.05 Å². The number of aromatic nitrogens is 2. The summed E-state index contributed by atoms with van der Waals surface area (Å²) < 4.78 is 15.9. The van der Waals surface area contributed by atoms with Crippen molar-refractivity contribution in [3.63, 3.8) is 0 Å². The molecule has 102 valence electrons. The van der Waals surface area contributed by atoms with Crippen molar-refractivity contribution in [2.45, 2.75) is 25.9 Å². The molecule has 1 N–H and O–H groups in total. The van der Waals surface area contributed by atoms with Gasteiger partial charge in [0, 0.05) is 17.2 Å². The van der Waals surface area contributed by atoms with Crippen LogP contribution in [0.15, 0.2) is 34.9 Å². The predicted octanol–water partition coefficient (Wildman–Crippen LogP) is 3.50. The first-order valence-electron chi connectivity index (χ1n) is 6.31. The zero-order valence-corrected chi connectivity index (χ0v) is 12.6. The normalized spacial score (nSPS) is 12.6. The van der Waals surface area contributed by atoms with Gasteiger partial charge in [-0.05, 0) is 37.2 Å². The van der Waals surface area contributed by atoms with Gasteiger partial charge in [-0.1, -0.05) is 28.9 Å². The molecule has 0 aliphatic rings. The van der Waals surface area contributed by atoms with E-state index in [0.717, 1.165) is 28.7 Å². The lowest BCUT2D eigenvalue weighted by Crippen LogP contribution is -2.22. The van der Waals surface area contributed by atoms with Crippen LogP contribution >= 0.6 is 15.9 Å². The molecule has 2 aromatic rings. The number of aryl methyl sites for hydroxylation is 1. The van der Waals surface area contributed by atoms with Crippen molar-refractivity contribution in [1.29, 1.82) is 0 Å². The van der Waals surface area contributed by atoms with E-state index in [1.165, 1.54) is 12.1 Å². The van der Waals surface area contributed by atoms with Crippen LogP contribution in [-0.2, 0) is 6.54 Å². The molecule has 0 amide bonds. The fourth-order valence-electron chi connectivity index (χ4n) is 2.19. The van der Waals surface area contributed by atoms with Gasteiger partial charge in [-0.15, -0.1) is 0 Å². The average molecular weight is 326 g/mol. The maximum atomic E-state index is 13.2. The van der Waals surface area contributed by atoms with Crippen molar-refractivity contribution in [2.24, 2.45) is 0 Å². The molecule has 1 unspecified atom stereocenters. The molecule has 0 aliphatic carbocycles. The molecule has 1 aromatic heterocycles. The lowest BCUT2D eigenvalue weighted by atomic mass is 10.0. The van der Waals surface area contributed by atoms with Gasteiger partial charge >= 0.3 is 0 Å². The maximum absolute atomic E-state index is 13.2. The Hall–Kier alpha value is -1.20. The molecular formula is C14H17BrFN3. The lowest BCUT2D eigenvalue weighted by molar-refractivity contribution is 0.533. The minimum atomic E-state index is -0.243. The molecule has 0 bridgehead atoms. The van der Waals surface area contributed by atoms with Crippen LogP contribution in [0.1, 0.15) is 30.6 Å². The SMILES string of the molecule is CCCn1nccc1C(NC)c1ccc(F)cc1Br. The molecular weight excluding hydrogens is 309 g/mol. The predicted molar refractivity (Wildman–Crippen MR) is 77.5 cm³/mol. The van der Waals surface area contributed by atoms with Crippen LogP contribution in [0.3, 0.4) is 0 Å². The molecule has 0 radical (unpaired) electrons. The van der Waals surface area contributed by atoms with E-state index in [1.807, 2.05) is 17.8 Å². The molecule has 19 heavy (non-hydrogen) atoms. The molecule has 0 aliphatic heterocycles. The zero-order valence-electron chi connectivity index (χ0n) is 11.0. The highest BCUT2D eigenvalue weighted by atomic mass is 79.9. The van der Waals surface area contributed by atoms with E-state index in [-0.39, 0.29) is 11.9 Å². The first-order chi connectivity index (χ1) is 9.17. The van der Waals surface area contributed by atoms with E-state index in [2.05, 4.69) is 33.3 Å². The fraction of sp³-hybridized carbons (Fsp3) is 0.357. The quantitative estimate of drug-likeness (QED) is 0.911. The Morgan fingerprint density at radius 1 is 1.42 bits per heavy atom. The molecule has 1 aromatic carbocycles. The number of rotatable bonds is 5. The van der Waals surface area contributed by atoms with Crippen LogP contribution in [0.5, 0.6) is 0 Å². The molecule has 0 fully saturated rings. The van der Waals surface area contributed by atoms with E-state index in [4.69, 9.17) is 0 Å². The van der Waals surface area contributed by atoms with Crippen molar-refractivity contribution < 1.29 is 4.39 Å². The Morgan fingerprint density at radius 2 is 2.21 bits per heavy atom. The maximum Gasteiger partial charge on any atom is 0.124 e. The van der Waals surface area contributed by atoms with Gasteiger partial charge in [-0.25, -0.2) is 4.39 Å². The van der Waals surface area contributed by atoms with Crippen molar-refractivity contribution in [3.05, 3.63) is 52.0 Å². The zero-order chi connectivity index (χ0) is 13.8. The molecule has 0 saturated carbocycles. The van der Waals surface area contributed by atoms with Gasteiger partial charge < -0.3 is 5.32 Å². The number of halogens is 2. The molecule has 3 nitrogen and oxygen atoms in total. The van der Waals surface area contributed by atoms with Gasteiger partial charge in [0.1, 0.15) is 5.82 Å². The van der Waals surface area contributed by atoms with E-state index < -0.39 is 0 Å². The van der Waals surface area contributed by atoms with Gasteiger partial charge in [0.15, 0.2) is 0 Å². The Morgan fingerprint density at radius 3 is 2.84 bits per heavy atom.